The summed E-state index contributed by atoms with van der Waals surface area (Å²) in [6.45, 7) is 0.0340. The Bertz CT molecular complexity index is 2000. The van der Waals surface area contributed by atoms with Gasteiger partial charge in [0, 0.05) is 62.8 Å². The summed E-state index contributed by atoms with van der Waals surface area (Å²) in [5, 5.41) is 5.81. The average Bonchev–Trinajstić information content (AvgIpc) is 3.48. The van der Waals surface area contributed by atoms with Crippen molar-refractivity contribution in [3.05, 3.63) is 105 Å². The van der Waals surface area contributed by atoms with Crippen LogP contribution in [0.1, 0.15) is 26.4 Å². The van der Waals surface area contributed by atoms with Crippen molar-refractivity contribution in [2.75, 3.05) is 26.8 Å². The maximum absolute atomic E-state index is 13.7. The van der Waals surface area contributed by atoms with Crippen LogP contribution in [0.25, 0.3) is 11.1 Å². The molecule has 14 nitrogen and oxygen atoms in total. The molecule has 2 aromatic carbocycles. The minimum absolute atomic E-state index is 0.0341. The normalized spacial score (nSPS) is 17.9. The molecule has 0 unspecified atom stereocenters. The smallest absolute Gasteiger partial charge is 0.331 e. The zero-order valence-electron chi connectivity index (χ0n) is 25.9. The van der Waals surface area contributed by atoms with E-state index in [0.717, 1.165) is 20.8 Å². The molecule has 3 aliphatic rings. The Morgan fingerprint density at radius 1 is 0.915 bits per heavy atom. The molecule has 2 aromatic heterocycles. The van der Waals surface area contributed by atoms with Gasteiger partial charge < -0.3 is 29.7 Å². The predicted octanol–water partition coefficient (Wildman–Crippen LogP) is 0.865. The van der Waals surface area contributed by atoms with E-state index in [1.165, 1.54) is 32.3 Å². The van der Waals surface area contributed by atoms with Gasteiger partial charge >= 0.3 is 5.69 Å². The van der Waals surface area contributed by atoms with E-state index >= 15 is 0 Å². The molecule has 7 rings (SSSR count). The topological polar surface area (TPSA) is 163 Å². The molecule has 3 amide bonds. The molecule has 3 aliphatic heterocycles. The third-order valence-electron chi connectivity index (χ3n) is 8.17. The standard InChI is InChI=1S/C33H32N6O8/c1-37-26(12-30(41)38(2)33(37)44)32(43)39-16-25-28(17-39)47-24-8-7-20(27(11-24)45-3)15-35-29(40)18-46-23-6-4-5-19(10-23)21-9-22(14-34-13-21)31(42)36-25/h4-14,25,28H,15-18H2,1-3H3,(H,35,40)(H,36,42)/t25-,28-/m0/s1. The third kappa shape index (κ3) is 6.43. The van der Waals surface area contributed by atoms with Crippen LogP contribution in [0.15, 0.2) is 76.6 Å². The lowest BCUT2D eigenvalue weighted by molar-refractivity contribution is -0.123. The Morgan fingerprint density at radius 2 is 1.72 bits per heavy atom. The highest BCUT2D eigenvalue weighted by molar-refractivity contribution is 5.96. The number of rotatable bonds is 2. The molecular formula is C33H32N6O8. The van der Waals surface area contributed by atoms with Gasteiger partial charge in [-0.3, -0.25) is 33.3 Å². The van der Waals surface area contributed by atoms with Crippen LogP contribution in [-0.2, 0) is 25.4 Å². The van der Waals surface area contributed by atoms with Crippen LogP contribution in [0.4, 0.5) is 0 Å². The summed E-state index contributed by atoms with van der Waals surface area (Å²) in [6, 6.07) is 14.3. The number of hydrogen-bond acceptors (Lipinski definition) is 9. The largest absolute Gasteiger partial charge is 0.496 e. The number of hydrogen-bond donors (Lipinski definition) is 2. The van der Waals surface area contributed by atoms with Crippen LogP contribution >= 0.6 is 0 Å². The SMILES string of the molecule is COc1cc2ccc1CNC(=O)COc1cccc(c1)-c1cncc(c1)C(=O)N[C@H]1CN(C(=O)c3cc(=O)n(C)c(=O)n3C)C[C@@H]1O2. The van der Waals surface area contributed by atoms with E-state index in [2.05, 4.69) is 15.6 Å². The van der Waals surface area contributed by atoms with Crippen molar-refractivity contribution in [2.45, 2.75) is 18.7 Å². The fourth-order valence-electron chi connectivity index (χ4n) is 5.55. The highest BCUT2D eigenvalue weighted by Gasteiger charge is 2.39. The average molecular weight is 641 g/mol. The van der Waals surface area contributed by atoms with Crippen molar-refractivity contribution < 1.29 is 28.6 Å². The molecule has 1 saturated heterocycles. The van der Waals surface area contributed by atoms with Gasteiger partial charge in [0.05, 0.1) is 25.3 Å². The lowest BCUT2D eigenvalue weighted by atomic mass is 10.1. The fourth-order valence-corrected chi connectivity index (χ4v) is 5.55. The second-order valence-electron chi connectivity index (χ2n) is 11.2. The van der Waals surface area contributed by atoms with E-state index in [0.29, 0.717) is 28.4 Å². The number of carbonyl (C=O) groups excluding carboxylic acids is 3. The second kappa shape index (κ2) is 12.8. The molecule has 2 N–H and O–H groups in total. The summed E-state index contributed by atoms with van der Waals surface area (Å²) in [5.41, 5.74) is 0.995. The van der Waals surface area contributed by atoms with Gasteiger partial charge in [-0.15, -0.1) is 0 Å². The summed E-state index contributed by atoms with van der Waals surface area (Å²) < 4.78 is 19.6. The predicted molar refractivity (Wildman–Crippen MR) is 169 cm³/mol. The lowest BCUT2D eigenvalue weighted by Crippen LogP contribution is -2.45. The fraction of sp³-hybridized carbons (Fsp3) is 0.273. The number of ether oxygens (including phenoxy) is 3. The summed E-state index contributed by atoms with van der Waals surface area (Å²) in [4.78, 5) is 70.5. The number of nitrogens with one attached hydrogen (secondary N) is 2. The Balaban J connectivity index is 1.36. The molecule has 2 atom stereocenters. The van der Waals surface area contributed by atoms with Crippen molar-refractivity contribution in [3.63, 3.8) is 0 Å². The first-order valence-corrected chi connectivity index (χ1v) is 14.8. The van der Waals surface area contributed by atoms with Gasteiger partial charge in [-0.1, -0.05) is 12.1 Å². The maximum atomic E-state index is 13.7. The van der Waals surface area contributed by atoms with Crippen molar-refractivity contribution in [1.82, 2.24) is 29.7 Å². The monoisotopic (exact) mass is 640 g/mol. The number of carbonyl (C=O) groups is 3. The van der Waals surface area contributed by atoms with E-state index in [1.807, 2.05) is 6.07 Å². The van der Waals surface area contributed by atoms with E-state index in [-0.39, 0.29) is 43.4 Å². The Kier molecular flexibility index (Phi) is 8.48. The molecule has 6 bridgehead atoms. The van der Waals surface area contributed by atoms with Gasteiger partial charge in [0.2, 0.25) is 0 Å². The molecule has 1 fully saturated rings. The summed E-state index contributed by atoms with van der Waals surface area (Å²) >= 11 is 0. The van der Waals surface area contributed by atoms with E-state index in [1.54, 1.807) is 48.7 Å². The van der Waals surface area contributed by atoms with Crippen LogP contribution in [-0.4, -0.2) is 75.7 Å². The zero-order chi connectivity index (χ0) is 33.2. The third-order valence-corrected chi connectivity index (χ3v) is 8.17. The van der Waals surface area contributed by atoms with Gasteiger partial charge in [-0.05, 0) is 35.9 Å². The summed E-state index contributed by atoms with van der Waals surface area (Å²) in [7, 11) is 4.24. The van der Waals surface area contributed by atoms with Crippen molar-refractivity contribution in [1.29, 1.82) is 0 Å². The number of nitrogens with zero attached hydrogens (tertiary/aromatic N) is 4. The van der Waals surface area contributed by atoms with Crippen molar-refractivity contribution >= 4 is 17.7 Å². The van der Waals surface area contributed by atoms with Gasteiger partial charge in [0.15, 0.2) is 6.61 Å². The molecule has 47 heavy (non-hydrogen) atoms. The number of benzene rings is 2. The maximum Gasteiger partial charge on any atom is 0.331 e. The summed E-state index contributed by atoms with van der Waals surface area (Å²) in [5.74, 6) is -0.0212. The molecule has 14 heteroatoms. The molecule has 0 saturated carbocycles. The first-order chi connectivity index (χ1) is 22.6. The van der Waals surface area contributed by atoms with Crippen LogP contribution in [0, 0.1) is 0 Å². The molecule has 5 heterocycles. The second-order valence-corrected chi connectivity index (χ2v) is 11.2. The summed E-state index contributed by atoms with van der Waals surface area (Å²) in [6.07, 6.45) is 2.32. The number of methoxy groups -OCH3 is 1. The van der Waals surface area contributed by atoms with E-state index in [9.17, 15) is 24.0 Å². The molecule has 0 spiro atoms. The molecular weight excluding hydrogens is 608 g/mol. The van der Waals surface area contributed by atoms with Crippen LogP contribution < -0.4 is 36.1 Å². The first kappa shape index (κ1) is 31.1. The lowest BCUT2D eigenvalue weighted by Gasteiger charge is -2.22. The van der Waals surface area contributed by atoms with Crippen LogP contribution in [0.3, 0.4) is 0 Å². The van der Waals surface area contributed by atoms with Gasteiger partial charge in [0.1, 0.15) is 29.0 Å². The molecule has 0 aliphatic carbocycles. The Morgan fingerprint density at radius 3 is 2.53 bits per heavy atom. The van der Waals surface area contributed by atoms with Crippen molar-refractivity contribution in [2.24, 2.45) is 14.1 Å². The van der Waals surface area contributed by atoms with Gasteiger partial charge in [-0.25, -0.2) is 4.79 Å². The Hall–Kier alpha value is -5.92. The quantitative estimate of drug-likeness (QED) is 0.324. The molecule has 242 valence electrons. The van der Waals surface area contributed by atoms with E-state index in [4.69, 9.17) is 14.2 Å². The minimum atomic E-state index is -0.725. The number of fused-ring (bicyclic) bond motifs is 7. The molecule has 4 aromatic rings. The van der Waals surface area contributed by atoms with Crippen LogP contribution in [0.5, 0.6) is 17.2 Å². The first-order valence-electron chi connectivity index (χ1n) is 14.8. The molecule has 0 radical (unpaired) electrons. The van der Waals surface area contributed by atoms with Gasteiger partial charge in [0.25, 0.3) is 23.3 Å². The number of aromatic nitrogens is 3. The number of pyridine rings is 1. The van der Waals surface area contributed by atoms with Crippen molar-refractivity contribution in [3.8, 4) is 28.4 Å². The highest BCUT2D eigenvalue weighted by atomic mass is 16.5. The number of likely N-dealkylation sites (tertiary alicyclic amines) is 1. The minimum Gasteiger partial charge on any atom is -0.496 e. The van der Waals surface area contributed by atoms with Crippen LogP contribution in [0.2, 0.25) is 0 Å². The zero-order valence-corrected chi connectivity index (χ0v) is 25.9. The van der Waals surface area contributed by atoms with E-state index < -0.39 is 35.2 Å². The number of amides is 3. The highest BCUT2D eigenvalue weighted by Crippen LogP contribution is 2.28. The Labute approximate surface area is 268 Å². The van der Waals surface area contributed by atoms with Gasteiger partial charge in [-0.2, -0.15) is 0 Å².